The SMILES string of the molecule is O=C(C1CCCN(CC2(c3ccc(Cl)cc3)CC2)C1)N1CCCC1.O=C(O)CC(O)(CC(=O)O)C(=O)O. The van der Waals surface area contributed by atoms with Crippen LogP contribution in [-0.2, 0) is 24.6 Å². The molecule has 2 saturated heterocycles. The molecule has 1 aromatic rings. The van der Waals surface area contributed by atoms with Crippen molar-refractivity contribution in [3.8, 4) is 0 Å². The van der Waals surface area contributed by atoms with E-state index in [9.17, 15) is 19.2 Å². The van der Waals surface area contributed by atoms with Gasteiger partial charge in [0.25, 0.3) is 0 Å². The number of hydrogen-bond donors (Lipinski definition) is 4. The first-order valence-corrected chi connectivity index (χ1v) is 13.0. The normalized spacial score (nSPS) is 21.0. The van der Waals surface area contributed by atoms with Crippen molar-refractivity contribution in [3.05, 3.63) is 34.9 Å². The number of carbonyl (C=O) groups excluding carboxylic acids is 1. The van der Waals surface area contributed by atoms with Gasteiger partial charge in [0.2, 0.25) is 5.91 Å². The highest BCUT2D eigenvalue weighted by atomic mass is 35.5. The Morgan fingerprint density at radius 2 is 1.49 bits per heavy atom. The molecular weight excluding hydrogens is 504 g/mol. The molecule has 0 spiro atoms. The molecule has 1 amide bonds. The van der Waals surface area contributed by atoms with Crippen molar-refractivity contribution >= 4 is 35.4 Å². The Morgan fingerprint density at radius 3 is 1.97 bits per heavy atom. The molecule has 204 valence electrons. The van der Waals surface area contributed by atoms with Crippen LogP contribution in [-0.4, -0.2) is 92.4 Å². The minimum atomic E-state index is -2.74. The lowest BCUT2D eigenvalue weighted by Crippen LogP contribution is -2.46. The smallest absolute Gasteiger partial charge is 0.336 e. The van der Waals surface area contributed by atoms with Gasteiger partial charge in [-0.25, -0.2) is 4.79 Å². The van der Waals surface area contributed by atoms with E-state index in [2.05, 4.69) is 21.9 Å². The molecular formula is C26H35ClN2O8. The van der Waals surface area contributed by atoms with Crippen molar-refractivity contribution in [1.82, 2.24) is 9.80 Å². The second-order valence-electron chi connectivity index (χ2n) is 10.4. The number of nitrogens with zero attached hydrogens (tertiary/aromatic N) is 2. The highest BCUT2D eigenvalue weighted by Gasteiger charge is 2.46. The third-order valence-electron chi connectivity index (χ3n) is 7.39. The minimum absolute atomic E-state index is 0.220. The molecule has 11 heteroatoms. The average Bonchev–Trinajstić information content (AvgIpc) is 3.38. The molecule has 0 aromatic heterocycles. The number of aliphatic hydroxyl groups is 1. The quantitative estimate of drug-likeness (QED) is 0.371. The predicted molar refractivity (Wildman–Crippen MR) is 134 cm³/mol. The maximum Gasteiger partial charge on any atom is 0.336 e. The fraction of sp³-hybridized carbons (Fsp3) is 0.615. The van der Waals surface area contributed by atoms with Gasteiger partial charge in [-0.3, -0.25) is 14.4 Å². The Morgan fingerprint density at radius 1 is 0.919 bits per heavy atom. The van der Waals surface area contributed by atoms with Crippen molar-refractivity contribution in [2.24, 2.45) is 5.92 Å². The van der Waals surface area contributed by atoms with Crippen molar-refractivity contribution < 1.29 is 39.6 Å². The molecule has 2 aliphatic heterocycles. The first-order chi connectivity index (χ1) is 17.4. The van der Waals surface area contributed by atoms with Crippen LogP contribution in [0.4, 0.5) is 0 Å². The van der Waals surface area contributed by atoms with Crippen molar-refractivity contribution in [1.29, 1.82) is 0 Å². The highest BCUT2D eigenvalue weighted by Crippen LogP contribution is 2.49. The summed E-state index contributed by atoms with van der Waals surface area (Å²) in [6.07, 6.45) is 4.82. The Kier molecular flexibility index (Phi) is 9.55. The second-order valence-corrected chi connectivity index (χ2v) is 10.8. The number of piperidine rings is 1. The summed E-state index contributed by atoms with van der Waals surface area (Å²) in [6, 6.07) is 8.39. The molecule has 3 aliphatic rings. The van der Waals surface area contributed by atoms with Gasteiger partial charge in [0, 0.05) is 36.6 Å². The maximum atomic E-state index is 12.7. The van der Waals surface area contributed by atoms with Crippen LogP contribution in [0.1, 0.15) is 56.9 Å². The fourth-order valence-corrected chi connectivity index (χ4v) is 5.36. The van der Waals surface area contributed by atoms with Crippen LogP contribution in [0.3, 0.4) is 0 Å². The van der Waals surface area contributed by atoms with E-state index in [1.807, 2.05) is 12.1 Å². The summed E-state index contributed by atoms with van der Waals surface area (Å²) in [5.41, 5.74) is -1.01. The van der Waals surface area contributed by atoms with E-state index in [0.29, 0.717) is 11.3 Å². The molecule has 2 heterocycles. The molecule has 37 heavy (non-hydrogen) atoms. The Balaban J connectivity index is 0.000000251. The van der Waals surface area contributed by atoms with Crippen molar-refractivity contribution in [3.63, 3.8) is 0 Å². The lowest BCUT2D eigenvalue weighted by molar-refractivity contribution is -0.170. The summed E-state index contributed by atoms with van der Waals surface area (Å²) in [5.74, 6) is -4.39. The number of carboxylic acids is 3. The summed E-state index contributed by atoms with van der Waals surface area (Å²) in [4.78, 5) is 47.8. The minimum Gasteiger partial charge on any atom is -0.481 e. The third-order valence-corrected chi connectivity index (χ3v) is 7.65. The number of rotatable bonds is 9. The first kappa shape index (κ1) is 28.9. The standard InChI is InChI=1S/C20H27ClN2O.C6H8O7/c21-18-7-5-17(6-8-18)20(9-10-20)15-22-11-3-4-16(14-22)19(24)23-12-1-2-13-23;7-3(8)1-6(13,5(11)12)2-4(9)10/h5-8,16H,1-4,9-15H2;13H,1-2H2,(H,7,8)(H,9,10)(H,11,12). The number of aliphatic carboxylic acids is 3. The number of hydrogen-bond acceptors (Lipinski definition) is 6. The van der Waals surface area contributed by atoms with Crippen LogP contribution in [0.2, 0.25) is 5.02 Å². The number of likely N-dealkylation sites (tertiary alicyclic amines) is 2. The van der Waals surface area contributed by atoms with Crippen LogP contribution < -0.4 is 0 Å². The molecule has 0 bridgehead atoms. The molecule has 1 aromatic carbocycles. The van der Waals surface area contributed by atoms with E-state index in [4.69, 9.17) is 32.0 Å². The van der Waals surface area contributed by atoms with E-state index in [1.54, 1.807) is 0 Å². The molecule has 3 fully saturated rings. The highest BCUT2D eigenvalue weighted by molar-refractivity contribution is 6.30. The zero-order valence-electron chi connectivity index (χ0n) is 20.8. The van der Waals surface area contributed by atoms with Gasteiger partial charge in [0.1, 0.15) is 0 Å². The molecule has 1 unspecified atom stereocenters. The Hall–Kier alpha value is -2.69. The van der Waals surface area contributed by atoms with Gasteiger partial charge in [-0.2, -0.15) is 0 Å². The molecule has 1 atom stereocenters. The summed E-state index contributed by atoms with van der Waals surface area (Å²) in [6.45, 7) is 5.14. The topological polar surface area (TPSA) is 156 Å². The molecule has 1 aliphatic carbocycles. The van der Waals surface area contributed by atoms with Gasteiger partial charge in [-0.1, -0.05) is 23.7 Å². The van der Waals surface area contributed by atoms with Crippen LogP contribution in [0, 0.1) is 5.92 Å². The first-order valence-electron chi connectivity index (χ1n) is 12.6. The number of benzene rings is 1. The van der Waals surface area contributed by atoms with Gasteiger partial charge in [0.05, 0.1) is 18.8 Å². The lowest BCUT2D eigenvalue weighted by atomic mass is 9.91. The molecule has 4 N–H and O–H groups in total. The summed E-state index contributed by atoms with van der Waals surface area (Å²) >= 11 is 6.04. The van der Waals surface area contributed by atoms with Gasteiger partial charge < -0.3 is 30.2 Å². The Labute approximate surface area is 220 Å². The monoisotopic (exact) mass is 538 g/mol. The van der Waals surface area contributed by atoms with Gasteiger partial charge in [-0.05, 0) is 62.8 Å². The van der Waals surface area contributed by atoms with Crippen LogP contribution in [0.25, 0.3) is 0 Å². The fourth-order valence-electron chi connectivity index (χ4n) is 5.23. The van der Waals surface area contributed by atoms with E-state index in [0.717, 1.165) is 50.6 Å². The number of amides is 1. The van der Waals surface area contributed by atoms with Crippen LogP contribution >= 0.6 is 11.6 Å². The second kappa shape index (κ2) is 12.2. The zero-order valence-corrected chi connectivity index (χ0v) is 21.5. The third kappa shape index (κ3) is 7.90. The number of carbonyl (C=O) groups is 4. The zero-order chi connectivity index (χ0) is 27.2. The maximum absolute atomic E-state index is 12.7. The average molecular weight is 539 g/mol. The van der Waals surface area contributed by atoms with E-state index in [1.165, 1.54) is 31.2 Å². The van der Waals surface area contributed by atoms with Crippen LogP contribution in [0.15, 0.2) is 24.3 Å². The molecule has 0 radical (unpaired) electrons. The summed E-state index contributed by atoms with van der Waals surface area (Å²) in [7, 11) is 0. The lowest BCUT2D eigenvalue weighted by Gasteiger charge is -2.36. The van der Waals surface area contributed by atoms with Crippen LogP contribution in [0.5, 0.6) is 0 Å². The van der Waals surface area contributed by atoms with Gasteiger partial charge >= 0.3 is 17.9 Å². The van der Waals surface area contributed by atoms with Crippen molar-refractivity contribution in [2.75, 3.05) is 32.7 Å². The van der Waals surface area contributed by atoms with Crippen molar-refractivity contribution in [2.45, 2.75) is 62.4 Å². The largest absolute Gasteiger partial charge is 0.481 e. The Bertz CT molecular complexity index is 973. The summed E-state index contributed by atoms with van der Waals surface area (Å²) < 4.78 is 0. The molecule has 10 nitrogen and oxygen atoms in total. The van der Waals surface area contributed by atoms with Gasteiger partial charge in [-0.15, -0.1) is 0 Å². The molecule has 1 saturated carbocycles. The molecule has 4 rings (SSSR count). The number of carboxylic acid groups (broad SMARTS) is 3. The van der Waals surface area contributed by atoms with Gasteiger partial charge in [0.15, 0.2) is 5.60 Å². The van der Waals surface area contributed by atoms with E-state index < -0.39 is 36.4 Å². The predicted octanol–water partition coefficient (Wildman–Crippen LogP) is 2.46. The van der Waals surface area contributed by atoms with E-state index in [-0.39, 0.29) is 5.92 Å². The summed E-state index contributed by atoms with van der Waals surface area (Å²) in [5, 5.41) is 34.6. The van der Waals surface area contributed by atoms with E-state index >= 15 is 0 Å². The number of halogens is 1.